The van der Waals surface area contributed by atoms with Crippen molar-refractivity contribution >= 4 is 21.6 Å². The SMILES string of the molecule is N#Cc1ccc(OCc2ccc(Br)cc2)c(N)c1. The standard InChI is InChI=1S/C14H11BrN2O/c15-12-4-1-10(2-5-12)9-18-14-6-3-11(8-16)7-13(14)17/h1-7H,9,17H2. The van der Waals surface area contributed by atoms with Crippen molar-refractivity contribution in [1.29, 1.82) is 5.26 Å². The summed E-state index contributed by atoms with van der Waals surface area (Å²) in [7, 11) is 0. The fourth-order valence-corrected chi connectivity index (χ4v) is 1.76. The number of hydrogen-bond acceptors (Lipinski definition) is 3. The molecule has 0 bridgehead atoms. The molecule has 18 heavy (non-hydrogen) atoms. The van der Waals surface area contributed by atoms with E-state index in [0.29, 0.717) is 23.6 Å². The Labute approximate surface area is 114 Å². The van der Waals surface area contributed by atoms with E-state index in [0.717, 1.165) is 10.0 Å². The molecule has 0 radical (unpaired) electrons. The lowest BCUT2D eigenvalue weighted by molar-refractivity contribution is 0.308. The van der Waals surface area contributed by atoms with Gasteiger partial charge in [-0.2, -0.15) is 5.26 Å². The van der Waals surface area contributed by atoms with Gasteiger partial charge in [-0.1, -0.05) is 28.1 Å². The molecule has 0 saturated heterocycles. The average molecular weight is 303 g/mol. The van der Waals surface area contributed by atoms with E-state index < -0.39 is 0 Å². The fraction of sp³-hybridized carbons (Fsp3) is 0.0714. The van der Waals surface area contributed by atoms with E-state index in [1.54, 1.807) is 18.2 Å². The van der Waals surface area contributed by atoms with Gasteiger partial charge in [0, 0.05) is 4.47 Å². The maximum Gasteiger partial charge on any atom is 0.142 e. The van der Waals surface area contributed by atoms with Crippen LogP contribution in [-0.4, -0.2) is 0 Å². The van der Waals surface area contributed by atoms with E-state index in [4.69, 9.17) is 15.7 Å². The van der Waals surface area contributed by atoms with Gasteiger partial charge in [-0.05, 0) is 35.9 Å². The average Bonchev–Trinajstić information content (AvgIpc) is 2.39. The lowest BCUT2D eigenvalue weighted by Gasteiger charge is -2.09. The third-order valence-corrected chi connectivity index (χ3v) is 2.98. The van der Waals surface area contributed by atoms with Gasteiger partial charge in [0.2, 0.25) is 0 Å². The first-order valence-corrected chi connectivity index (χ1v) is 6.15. The van der Waals surface area contributed by atoms with Gasteiger partial charge in [-0.25, -0.2) is 0 Å². The number of nitrogen functional groups attached to an aromatic ring is 1. The van der Waals surface area contributed by atoms with Crippen LogP contribution in [0.2, 0.25) is 0 Å². The number of benzene rings is 2. The van der Waals surface area contributed by atoms with Crippen molar-refractivity contribution in [2.24, 2.45) is 0 Å². The van der Waals surface area contributed by atoms with Crippen molar-refractivity contribution in [3.05, 3.63) is 58.1 Å². The van der Waals surface area contributed by atoms with Gasteiger partial charge in [0.05, 0.1) is 17.3 Å². The molecule has 0 spiro atoms. The fourth-order valence-electron chi connectivity index (χ4n) is 1.49. The van der Waals surface area contributed by atoms with Crippen LogP contribution in [0.15, 0.2) is 46.9 Å². The van der Waals surface area contributed by atoms with E-state index in [1.165, 1.54) is 0 Å². The second kappa shape index (κ2) is 5.56. The van der Waals surface area contributed by atoms with Crippen LogP contribution in [0.5, 0.6) is 5.75 Å². The summed E-state index contributed by atoms with van der Waals surface area (Å²) in [6, 6.07) is 14.9. The van der Waals surface area contributed by atoms with Gasteiger partial charge >= 0.3 is 0 Å². The Morgan fingerprint density at radius 1 is 1.17 bits per heavy atom. The predicted octanol–water partition coefficient (Wildman–Crippen LogP) is 3.48. The number of hydrogen-bond donors (Lipinski definition) is 1. The van der Waals surface area contributed by atoms with E-state index >= 15 is 0 Å². The number of rotatable bonds is 3. The normalized spacial score (nSPS) is 9.78. The van der Waals surface area contributed by atoms with Crippen molar-refractivity contribution in [2.75, 3.05) is 5.73 Å². The van der Waals surface area contributed by atoms with Crippen LogP contribution in [0.3, 0.4) is 0 Å². The largest absolute Gasteiger partial charge is 0.487 e. The molecule has 4 heteroatoms. The van der Waals surface area contributed by atoms with Crippen LogP contribution in [0.1, 0.15) is 11.1 Å². The molecule has 3 nitrogen and oxygen atoms in total. The molecule has 0 fully saturated rings. The first kappa shape index (κ1) is 12.5. The maximum absolute atomic E-state index is 8.74. The monoisotopic (exact) mass is 302 g/mol. The van der Waals surface area contributed by atoms with Crippen molar-refractivity contribution in [1.82, 2.24) is 0 Å². The van der Waals surface area contributed by atoms with Crippen LogP contribution in [0, 0.1) is 11.3 Å². The highest BCUT2D eigenvalue weighted by Gasteiger charge is 2.02. The van der Waals surface area contributed by atoms with Gasteiger partial charge in [0.15, 0.2) is 0 Å². The number of ether oxygens (including phenoxy) is 1. The molecule has 0 aliphatic heterocycles. The highest BCUT2D eigenvalue weighted by molar-refractivity contribution is 9.10. The zero-order valence-electron chi connectivity index (χ0n) is 9.56. The summed E-state index contributed by atoms with van der Waals surface area (Å²) in [4.78, 5) is 0. The van der Waals surface area contributed by atoms with E-state index in [9.17, 15) is 0 Å². The van der Waals surface area contributed by atoms with Crippen molar-refractivity contribution in [2.45, 2.75) is 6.61 Å². The highest BCUT2D eigenvalue weighted by Crippen LogP contribution is 2.23. The Kier molecular flexibility index (Phi) is 3.85. The van der Waals surface area contributed by atoms with Gasteiger partial charge in [-0.3, -0.25) is 0 Å². The van der Waals surface area contributed by atoms with E-state index in [-0.39, 0.29) is 0 Å². The molecule has 2 aromatic rings. The first-order valence-electron chi connectivity index (χ1n) is 5.36. The molecule has 0 saturated carbocycles. The van der Waals surface area contributed by atoms with Gasteiger partial charge in [-0.15, -0.1) is 0 Å². The van der Waals surface area contributed by atoms with E-state index in [2.05, 4.69) is 15.9 Å². The second-order valence-corrected chi connectivity index (χ2v) is 4.70. The summed E-state index contributed by atoms with van der Waals surface area (Å²) >= 11 is 3.38. The van der Waals surface area contributed by atoms with Gasteiger partial charge < -0.3 is 10.5 Å². The summed E-state index contributed by atoms with van der Waals surface area (Å²) in [6.07, 6.45) is 0. The molecule has 0 amide bonds. The summed E-state index contributed by atoms with van der Waals surface area (Å²) < 4.78 is 6.64. The number of halogens is 1. The Bertz CT molecular complexity index is 588. The number of anilines is 1. The number of nitriles is 1. The molecule has 0 heterocycles. The van der Waals surface area contributed by atoms with Crippen LogP contribution < -0.4 is 10.5 Å². The zero-order valence-corrected chi connectivity index (χ0v) is 11.1. The molecule has 0 aliphatic carbocycles. The van der Waals surface area contributed by atoms with Crippen LogP contribution in [-0.2, 0) is 6.61 Å². The lowest BCUT2D eigenvalue weighted by Crippen LogP contribution is -1.99. The smallest absolute Gasteiger partial charge is 0.142 e. The highest BCUT2D eigenvalue weighted by atomic mass is 79.9. The summed E-state index contributed by atoms with van der Waals surface area (Å²) in [5.74, 6) is 0.594. The number of nitrogens with two attached hydrogens (primary N) is 1. The quantitative estimate of drug-likeness (QED) is 0.883. The van der Waals surface area contributed by atoms with Crippen molar-refractivity contribution < 1.29 is 4.74 Å². The van der Waals surface area contributed by atoms with Crippen LogP contribution >= 0.6 is 15.9 Å². The van der Waals surface area contributed by atoms with Crippen LogP contribution in [0.4, 0.5) is 5.69 Å². The molecule has 0 aliphatic rings. The molecule has 90 valence electrons. The summed E-state index contributed by atoms with van der Waals surface area (Å²) in [5, 5.41) is 8.74. The Morgan fingerprint density at radius 3 is 2.50 bits per heavy atom. The first-order chi connectivity index (χ1) is 8.69. The third-order valence-electron chi connectivity index (χ3n) is 2.45. The van der Waals surface area contributed by atoms with E-state index in [1.807, 2.05) is 30.3 Å². The molecular formula is C14H11BrN2O. The molecule has 0 unspecified atom stereocenters. The molecule has 2 aromatic carbocycles. The third kappa shape index (κ3) is 3.02. The zero-order chi connectivity index (χ0) is 13.0. The molecular weight excluding hydrogens is 292 g/mol. The molecule has 0 atom stereocenters. The molecule has 2 rings (SSSR count). The second-order valence-electron chi connectivity index (χ2n) is 3.78. The van der Waals surface area contributed by atoms with Gasteiger partial charge in [0.25, 0.3) is 0 Å². The van der Waals surface area contributed by atoms with Crippen molar-refractivity contribution in [3.63, 3.8) is 0 Å². The lowest BCUT2D eigenvalue weighted by atomic mass is 10.2. The Hall–Kier alpha value is -1.99. The Morgan fingerprint density at radius 2 is 1.89 bits per heavy atom. The topological polar surface area (TPSA) is 59.0 Å². The van der Waals surface area contributed by atoms with Crippen LogP contribution in [0.25, 0.3) is 0 Å². The van der Waals surface area contributed by atoms with Crippen molar-refractivity contribution in [3.8, 4) is 11.8 Å². The number of nitrogens with zero attached hydrogens (tertiary/aromatic N) is 1. The molecule has 2 N–H and O–H groups in total. The van der Waals surface area contributed by atoms with Gasteiger partial charge in [0.1, 0.15) is 12.4 Å². The minimum Gasteiger partial charge on any atom is -0.487 e. The minimum absolute atomic E-state index is 0.448. The minimum atomic E-state index is 0.448. The summed E-state index contributed by atoms with van der Waals surface area (Å²) in [6.45, 7) is 0.448. The molecule has 0 aromatic heterocycles. The summed E-state index contributed by atoms with van der Waals surface area (Å²) in [5.41, 5.74) is 7.87. The maximum atomic E-state index is 8.74. The Balaban J connectivity index is 2.06. The predicted molar refractivity (Wildman–Crippen MR) is 74.0 cm³/mol.